The van der Waals surface area contributed by atoms with Crippen LogP contribution in [0.1, 0.15) is 64.7 Å². The number of nitrogens with zero attached hydrogens (tertiary/aromatic N) is 1. The first-order chi connectivity index (χ1) is 9.72. The Morgan fingerprint density at radius 3 is 2.65 bits per heavy atom. The number of nitrogens with one attached hydrogen (secondary N) is 1. The van der Waals surface area contributed by atoms with E-state index in [4.69, 9.17) is 4.74 Å². The fourth-order valence-corrected chi connectivity index (χ4v) is 4.73. The van der Waals surface area contributed by atoms with E-state index in [2.05, 4.69) is 17.1 Å². The molecule has 116 valence electrons. The molecule has 0 radical (unpaired) electrons. The number of hydrogen-bond acceptors (Lipinski definition) is 3. The number of rotatable bonds is 2. The van der Waals surface area contributed by atoms with Crippen LogP contribution in [0.2, 0.25) is 0 Å². The van der Waals surface area contributed by atoms with E-state index in [0.29, 0.717) is 17.7 Å². The van der Waals surface area contributed by atoms with Gasteiger partial charge < -0.3 is 10.1 Å². The molecule has 1 aliphatic heterocycles. The molecule has 3 aliphatic rings. The molecule has 1 spiro atoms. The monoisotopic (exact) mass is 280 g/mol. The van der Waals surface area contributed by atoms with Crippen molar-refractivity contribution in [2.24, 2.45) is 0 Å². The van der Waals surface area contributed by atoms with Gasteiger partial charge in [0.2, 0.25) is 0 Å². The largest absolute Gasteiger partial charge is 0.381 e. The normalized spacial score (nSPS) is 39.0. The third-order valence-corrected chi connectivity index (χ3v) is 6.04. The smallest absolute Gasteiger partial charge is 0.0586 e. The zero-order chi connectivity index (χ0) is 14.0. The Morgan fingerprint density at radius 2 is 1.90 bits per heavy atom. The fraction of sp³-hybridized carbons (Fsp3) is 1.00. The third-order valence-electron chi connectivity index (χ3n) is 6.04. The second kappa shape index (κ2) is 6.33. The summed E-state index contributed by atoms with van der Waals surface area (Å²) in [5, 5.41) is 3.91. The van der Waals surface area contributed by atoms with Crippen molar-refractivity contribution < 1.29 is 4.74 Å². The van der Waals surface area contributed by atoms with Crippen molar-refractivity contribution in [3.63, 3.8) is 0 Å². The van der Waals surface area contributed by atoms with E-state index in [1.165, 1.54) is 70.9 Å². The molecule has 3 atom stereocenters. The lowest BCUT2D eigenvalue weighted by molar-refractivity contribution is -0.0182. The maximum absolute atomic E-state index is 5.64. The second-order valence-electron chi connectivity index (χ2n) is 7.42. The molecule has 1 saturated heterocycles. The van der Waals surface area contributed by atoms with Gasteiger partial charge >= 0.3 is 0 Å². The predicted molar refractivity (Wildman–Crippen MR) is 83.0 cm³/mol. The van der Waals surface area contributed by atoms with Crippen LogP contribution in [0.5, 0.6) is 0 Å². The molecule has 0 bridgehead atoms. The van der Waals surface area contributed by atoms with Gasteiger partial charge in [0.05, 0.1) is 6.10 Å². The van der Waals surface area contributed by atoms with Crippen LogP contribution in [-0.4, -0.2) is 48.8 Å². The summed E-state index contributed by atoms with van der Waals surface area (Å²) in [6.45, 7) is 4.85. The second-order valence-corrected chi connectivity index (χ2v) is 7.42. The number of ether oxygens (including phenoxy) is 1. The van der Waals surface area contributed by atoms with Gasteiger partial charge in [0, 0.05) is 37.8 Å². The summed E-state index contributed by atoms with van der Waals surface area (Å²) in [6, 6.07) is 1.44. The molecule has 1 heterocycles. The van der Waals surface area contributed by atoms with Gasteiger partial charge in [0.15, 0.2) is 0 Å². The Hall–Kier alpha value is -0.120. The van der Waals surface area contributed by atoms with Crippen LogP contribution in [0.3, 0.4) is 0 Å². The molecule has 0 aromatic rings. The highest BCUT2D eigenvalue weighted by Gasteiger charge is 2.41. The molecule has 3 fully saturated rings. The van der Waals surface area contributed by atoms with Gasteiger partial charge in [-0.05, 0) is 45.4 Å². The van der Waals surface area contributed by atoms with Crippen molar-refractivity contribution in [3.8, 4) is 0 Å². The van der Waals surface area contributed by atoms with E-state index in [-0.39, 0.29) is 0 Å². The maximum atomic E-state index is 5.64. The summed E-state index contributed by atoms with van der Waals surface area (Å²) >= 11 is 0. The molecule has 20 heavy (non-hydrogen) atoms. The van der Waals surface area contributed by atoms with Gasteiger partial charge in [-0.1, -0.05) is 19.3 Å². The first kappa shape index (κ1) is 14.8. The first-order valence-corrected chi connectivity index (χ1v) is 8.76. The predicted octanol–water partition coefficient (Wildman–Crippen LogP) is 2.94. The van der Waals surface area contributed by atoms with Crippen LogP contribution in [0.25, 0.3) is 0 Å². The average molecular weight is 280 g/mol. The van der Waals surface area contributed by atoms with Crippen molar-refractivity contribution in [1.29, 1.82) is 0 Å². The number of hydrogen-bond donors (Lipinski definition) is 1. The summed E-state index contributed by atoms with van der Waals surface area (Å²) in [6.07, 6.45) is 12.8. The molecule has 0 aromatic carbocycles. The lowest BCUT2D eigenvalue weighted by Gasteiger charge is -2.52. The van der Waals surface area contributed by atoms with Crippen molar-refractivity contribution in [2.75, 3.05) is 20.2 Å². The van der Waals surface area contributed by atoms with Crippen LogP contribution in [0.4, 0.5) is 0 Å². The SMILES string of the molecule is COC1CCCC(N2CC3(CCCCC3)NCC2C)C1. The summed E-state index contributed by atoms with van der Waals surface area (Å²) in [5.74, 6) is 0. The van der Waals surface area contributed by atoms with Gasteiger partial charge in [-0.15, -0.1) is 0 Å². The Labute approximate surface area is 124 Å². The fourth-order valence-electron chi connectivity index (χ4n) is 4.73. The molecule has 3 heteroatoms. The van der Waals surface area contributed by atoms with E-state index < -0.39 is 0 Å². The molecular weight excluding hydrogens is 248 g/mol. The molecule has 3 unspecified atom stereocenters. The molecule has 0 aromatic heterocycles. The number of methoxy groups -OCH3 is 1. The maximum Gasteiger partial charge on any atom is 0.0586 e. The summed E-state index contributed by atoms with van der Waals surface area (Å²) in [4.78, 5) is 2.83. The van der Waals surface area contributed by atoms with Crippen molar-refractivity contribution >= 4 is 0 Å². The van der Waals surface area contributed by atoms with Crippen LogP contribution >= 0.6 is 0 Å². The zero-order valence-corrected chi connectivity index (χ0v) is 13.4. The minimum absolute atomic E-state index is 0.435. The van der Waals surface area contributed by atoms with Crippen molar-refractivity contribution in [1.82, 2.24) is 10.2 Å². The third kappa shape index (κ3) is 3.05. The highest BCUT2D eigenvalue weighted by Crippen LogP contribution is 2.35. The molecule has 1 N–H and O–H groups in total. The molecule has 2 saturated carbocycles. The minimum atomic E-state index is 0.435. The van der Waals surface area contributed by atoms with Gasteiger partial charge in [-0.3, -0.25) is 4.90 Å². The minimum Gasteiger partial charge on any atom is -0.381 e. The lowest BCUT2D eigenvalue weighted by Crippen LogP contribution is -2.66. The van der Waals surface area contributed by atoms with E-state index in [9.17, 15) is 0 Å². The molecule has 0 amide bonds. The van der Waals surface area contributed by atoms with Crippen LogP contribution in [0, 0.1) is 0 Å². The highest BCUT2D eigenvalue weighted by molar-refractivity contribution is 5.01. The Kier molecular flexibility index (Phi) is 4.68. The summed E-state index contributed by atoms with van der Waals surface area (Å²) in [7, 11) is 1.89. The Balaban J connectivity index is 1.67. The van der Waals surface area contributed by atoms with Gasteiger partial charge in [-0.2, -0.15) is 0 Å². The Bertz CT molecular complexity index is 314. The van der Waals surface area contributed by atoms with E-state index >= 15 is 0 Å². The topological polar surface area (TPSA) is 24.5 Å². The van der Waals surface area contributed by atoms with Gasteiger partial charge in [0.1, 0.15) is 0 Å². The van der Waals surface area contributed by atoms with Crippen LogP contribution < -0.4 is 5.32 Å². The molecule has 3 rings (SSSR count). The molecular formula is C17H32N2O. The van der Waals surface area contributed by atoms with E-state index in [1.807, 2.05) is 7.11 Å². The van der Waals surface area contributed by atoms with Crippen molar-refractivity contribution in [2.45, 2.75) is 88.4 Å². The lowest BCUT2D eigenvalue weighted by atomic mass is 9.78. The quantitative estimate of drug-likeness (QED) is 0.841. The molecule has 3 nitrogen and oxygen atoms in total. The van der Waals surface area contributed by atoms with E-state index in [1.54, 1.807) is 0 Å². The van der Waals surface area contributed by atoms with Crippen LogP contribution in [-0.2, 0) is 4.74 Å². The van der Waals surface area contributed by atoms with Crippen LogP contribution in [0.15, 0.2) is 0 Å². The Morgan fingerprint density at radius 1 is 1.10 bits per heavy atom. The van der Waals surface area contributed by atoms with Crippen molar-refractivity contribution in [3.05, 3.63) is 0 Å². The molecule has 2 aliphatic carbocycles. The van der Waals surface area contributed by atoms with E-state index in [0.717, 1.165) is 6.04 Å². The first-order valence-electron chi connectivity index (χ1n) is 8.76. The summed E-state index contributed by atoms with van der Waals surface area (Å²) < 4.78 is 5.64. The zero-order valence-electron chi connectivity index (χ0n) is 13.4. The number of piperazine rings is 1. The van der Waals surface area contributed by atoms with Gasteiger partial charge in [0.25, 0.3) is 0 Å². The summed E-state index contributed by atoms with van der Waals surface area (Å²) in [5.41, 5.74) is 0.435. The van der Waals surface area contributed by atoms with Gasteiger partial charge in [-0.25, -0.2) is 0 Å². The standard InChI is InChI=1S/C17H32N2O/c1-14-12-18-17(9-4-3-5-10-17)13-19(14)15-7-6-8-16(11-15)20-2/h14-16,18H,3-13H2,1-2H3. The average Bonchev–Trinajstić information content (AvgIpc) is 2.51. The highest BCUT2D eigenvalue weighted by atomic mass is 16.5.